The number of hydrogen-bond donors (Lipinski definition) is 0. The van der Waals surface area contributed by atoms with E-state index in [1.807, 2.05) is 4.40 Å². The predicted molar refractivity (Wildman–Crippen MR) is 88.6 cm³/mol. The zero-order chi connectivity index (χ0) is 16.7. The molecule has 24 heavy (non-hydrogen) atoms. The van der Waals surface area contributed by atoms with Crippen molar-refractivity contribution in [1.82, 2.24) is 14.3 Å². The Hall–Kier alpha value is -2.29. The van der Waals surface area contributed by atoms with Crippen molar-refractivity contribution in [2.75, 3.05) is 26.8 Å². The Kier molecular flexibility index (Phi) is 3.79. The minimum Gasteiger partial charge on any atom is -0.348 e. The lowest BCUT2D eigenvalue weighted by atomic mass is 10.2. The van der Waals surface area contributed by atoms with Crippen LogP contribution in [0.15, 0.2) is 24.4 Å². The van der Waals surface area contributed by atoms with Gasteiger partial charge in [-0.2, -0.15) is 0 Å². The molecular weight excluding hydrogens is 330 g/mol. The summed E-state index contributed by atoms with van der Waals surface area (Å²) in [6.45, 7) is 1.50. The number of amides is 1. The van der Waals surface area contributed by atoms with Crippen LogP contribution in [0.25, 0.3) is 16.0 Å². The first-order valence-corrected chi connectivity index (χ1v) is 8.33. The fourth-order valence-corrected chi connectivity index (χ4v) is 3.70. The fourth-order valence-electron chi connectivity index (χ4n) is 2.71. The molecule has 0 atom stereocenters. The maximum Gasteiger partial charge on any atom is 0.265 e. The summed E-state index contributed by atoms with van der Waals surface area (Å²) >= 11 is 1.32. The number of thiazole rings is 1. The van der Waals surface area contributed by atoms with Crippen molar-refractivity contribution in [2.24, 2.45) is 0 Å². The van der Waals surface area contributed by atoms with E-state index in [9.17, 15) is 9.59 Å². The molecule has 0 unspecified atom stereocenters. The summed E-state index contributed by atoms with van der Waals surface area (Å²) in [6.07, 6.45) is 2.20. The Balaban J connectivity index is 1.64. The van der Waals surface area contributed by atoms with E-state index in [0.717, 1.165) is 22.3 Å². The van der Waals surface area contributed by atoms with Gasteiger partial charge in [-0.3, -0.25) is 14.0 Å². The second kappa shape index (κ2) is 5.97. The molecule has 0 aliphatic carbocycles. The maximum atomic E-state index is 12.6. The van der Waals surface area contributed by atoms with Gasteiger partial charge < -0.3 is 14.4 Å². The standard InChI is InChI=1S/C16H15N3O4S/c1-18(8-14-22-4-5-23-14)15(21)13-7-19-12-6-10(9-20)2-3-11(12)17-16(19)24-13/h2-3,6-7,9,14H,4-5,8H2,1H3. The van der Waals surface area contributed by atoms with Crippen LogP contribution in [0.3, 0.4) is 0 Å². The van der Waals surface area contributed by atoms with Gasteiger partial charge in [-0.05, 0) is 18.2 Å². The first kappa shape index (κ1) is 15.3. The van der Waals surface area contributed by atoms with Gasteiger partial charge in [-0.1, -0.05) is 11.3 Å². The van der Waals surface area contributed by atoms with Crippen molar-refractivity contribution in [2.45, 2.75) is 6.29 Å². The number of ether oxygens (including phenoxy) is 2. The molecule has 7 nitrogen and oxygen atoms in total. The van der Waals surface area contributed by atoms with Crippen molar-refractivity contribution in [3.8, 4) is 0 Å². The van der Waals surface area contributed by atoms with Gasteiger partial charge in [0.05, 0.1) is 30.8 Å². The van der Waals surface area contributed by atoms with Gasteiger partial charge in [-0.15, -0.1) is 0 Å². The van der Waals surface area contributed by atoms with Gasteiger partial charge in [0.1, 0.15) is 11.2 Å². The normalized spacial score (nSPS) is 15.4. The zero-order valence-corrected chi connectivity index (χ0v) is 13.8. The third kappa shape index (κ3) is 2.58. The minimum atomic E-state index is -0.362. The minimum absolute atomic E-state index is 0.107. The van der Waals surface area contributed by atoms with Crippen molar-refractivity contribution in [1.29, 1.82) is 0 Å². The second-order valence-corrected chi connectivity index (χ2v) is 6.59. The lowest BCUT2D eigenvalue weighted by Crippen LogP contribution is -2.34. The number of aldehydes is 1. The first-order valence-electron chi connectivity index (χ1n) is 7.51. The second-order valence-electron chi connectivity index (χ2n) is 5.58. The van der Waals surface area contributed by atoms with Crippen LogP contribution < -0.4 is 0 Å². The maximum absolute atomic E-state index is 12.6. The number of carbonyl (C=O) groups excluding carboxylic acids is 2. The van der Waals surface area contributed by atoms with Crippen LogP contribution in [-0.2, 0) is 9.47 Å². The number of nitrogens with zero attached hydrogens (tertiary/aromatic N) is 3. The van der Waals surface area contributed by atoms with E-state index in [-0.39, 0.29) is 12.2 Å². The quantitative estimate of drug-likeness (QED) is 0.674. The van der Waals surface area contributed by atoms with Crippen LogP contribution in [-0.4, -0.2) is 59.6 Å². The van der Waals surface area contributed by atoms with Gasteiger partial charge >= 0.3 is 0 Å². The van der Waals surface area contributed by atoms with Crippen LogP contribution in [0.1, 0.15) is 20.0 Å². The summed E-state index contributed by atoms with van der Waals surface area (Å²) in [5, 5.41) is 0. The Morgan fingerprint density at radius 1 is 1.46 bits per heavy atom. The Morgan fingerprint density at radius 3 is 3.00 bits per heavy atom. The van der Waals surface area contributed by atoms with E-state index < -0.39 is 0 Å². The average Bonchev–Trinajstić information content (AvgIpc) is 3.29. The van der Waals surface area contributed by atoms with E-state index in [1.165, 1.54) is 11.3 Å². The van der Waals surface area contributed by atoms with Crippen molar-refractivity contribution < 1.29 is 19.1 Å². The molecule has 1 aliphatic rings. The number of carbonyl (C=O) groups is 2. The Bertz CT molecular complexity index is 926. The molecule has 1 aromatic carbocycles. The van der Waals surface area contributed by atoms with Crippen molar-refractivity contribution in [3.63, 3.8) is 0 Å². The highest BCUT2D eigenvalue weighted by Gasteiger charge is 2.23. The van der Waals surface area contributed by atoms with Crippen LogP contribution in [0, 0.1) is 0 Å². The van der Waals surface area contributed by atoms with Gasteiger partial charge in [-0.25, -0.2) is 4.98 Å². The van der Waals surface area contributed by atoms with E-state index in [0.29, 0.717) is 30.2 Å². The highest BCUT2D eigenvalue weighted by atomic mass is 32.1. The SMILES string of the molecule is CN(CC1OCCO1)C(=O)c1cn2c(nc3ccc(C=O)cc32)s1. The number of benzene rings is 1. The molecule has 3 heterocycles. The van der Waals surface area contributed by atoms with Crippen LogP contribution in [0.4, 0.5) is 0 Å². The predicted octanol–water partition coefficient (Wildman–Crippen LogP) is 1.81. The molecule has 0 N–H and O–H groups in total. The largest absolute Gasteiger partial charge is 0.348 e. The Labute approximate surface area is 141 Å². The zero-order valence-electron chi connectivity index (χ0n) is 13.0. The molecule has 0 saturated carbocycles. The van der Waals surface area contributed by atoms with E-state index in [2.05, 4.69) is 4.98 Å². The number of hydrogen-bond acceptors (Lipinski definition) is 6. The van der Waals surface area contributed by atoms with Crippen molar-refractivity contribution in [3.05, 3.63) is 34.8 Å². The molecule has 1 aliphatic heterocycles. The molecule has 2 aromatic heterocycles. The third-order valence-corrected chi connectivity index (χ3v) is 4.91. The highest BCUT2D eigenvalue weighted by Crippen LogP contribution is 2.25. The summed E-state index contributed by atoms with van der Waals surface area (Å²) in [5.41, 5.74) is 2.19. The smallest absolute Gasteiger partial charge is 0.265 e. The fraction of sp³-hybridized carbons (Fsp3) is 0.312. The van der Waals surface area contributed by atoms with Crippen molar-refractivity contribution >= 4 is 39.5 Å². The highest BCUT2D eigenvalue weighted by molar-refractivity contribution is 7.18. The van der Waals surface area contributed by atoms with Crippen LogP contribution >= 0.6 is 11.3 Å². The summed E-state index contributed by atoms with van der Waals surface area (Å²) < 4.78 is 12.6. The van der Waals surface area contributed by atoms with E-state index >= 15 is 0 Å². The lowest BCUT2D eigenvalue weighted by molar-refractivity contribution is -0.0542. The number of fused-ring (bicyclic) bond motifs is 3. The van der Waals surface area contributed by atoms with Gasteiger partial charge in [0.25, 0.3) is 5.91 Å². The average molecular weight is 345 g/mol. The molecule has 1 saturated heterocycles. The molecule has 0 radical (unpaired) electrons. The lowest BCUT2D eigenvalue weighted by Gasteiger charge is -2.19. The molecule has 4 rings (SSSR count). The van der Waals surface area contributed by atoms with Gasteiger partial charge in [0, 0.05) is 18.8 Å². The number of rotatable bonds is 4. The molecule has 0 spiro atoms. The van der Waals surface area contributed by atoms with Crippen LogP contribution in [0.2, 0.25) is 0 Å². The molecule has 124 valence electrons. The summed E-state index contributed by atoms with van der Waals surface area (Å²) in [6, 6.07) is 5.31. The third-order valence-electron chi connectivity index (χ3n) is 3.94. The monoisotopic (exact) mass is 345 g/mol. The molecule has 3 aromatic rings. The topological polar surface area (TPSA) is 73.1 Å². The number of aromatic nitrogens is 2. The molecular formula is C16H15N3O4S. The summed E-state index contributed by atoms with van der Waals surface area (Å²) in [7, 11) is 1.72. The van der Waals surface area contributed by atoms with E-state index in [1.54, 1.807) is 36.3 Å². The molecule has 1 fully saturated rings. The Morgan fingerprint density at radius 2 is 2.25 bits per heavy atom. The van der Waals surface area contributed by atoms with Gasteiger partial charge in [0.2, 0.25) is 0 Å². The first-order chi connectivity index (χ1) is 11.7. The summed E-state index contributed by atoms with van der Waals surface area (Å²) in [5.74, 6) is -0.107. The van der Waals surface area contributed by atoms with Crippen LogP contribution in [0.5, 0.6) is 0 Å². The van der Waals surface area contributed by atoms with E-state index in [4.69, 9.17) is 9.47 Å². The summed E-state index contributed by atoms with van der Waals surface area (Å²) in [4.78, 5) is 30.9. The molecule has 0 bridgehead atoms. The van der Waals surface area contributed by atoms with Gasteiger partial charge in [0.15, 0.2) is 11.3 Å². The molecule has 8 heteroatoms. The number of likely N-dealkylation sites (N-methyl/N-ethyl adjacent to an activating group) is 1. The molecule has 1 amide bonds. The number of imidazole rings is 1.